The lowest BCUT2D eigenvalue weighted by Gasteiger charge is -2.02. The number of nitrogens with one attached hydrogen (secondary N) is 2. The van der Waals surface area contributed by atoms with Crippen molar-refractivity contribution in [1.82, 2.24) is 4.98 Å². The van der Waals surface area contributed by atoms with Gasteiger partial charge in [-0.25, -0.2) is 14.6 Å². The Kier molecular flexibility index (Phi) is 4.88. The van der Waals surface area contributed by atoms with Crippen molar-refractivity contribution in [3.63, 3.8) is 0 Å². The van der Waals surface area contributed by atoms with Gasteiger partial charge in [-0.3, -0.25) is 10.6 Å². The summed E-state index contributed by atoms with van der Waals surface area (Å²) in [4.78, 5) is 27.7. The smallest absolute Gasteiger partial charge is 0.337 e. The van der Waals surface area contributed by atoms with E-state index >= 15 is 0 Å². The number of carbonyl (C=O) groups excluding carboxylic acids is 2. The molecule has 3 rings (SSSR count). The van der Waals surface area contributed by atoms with E-state index in [-0.39, 0.29) is 12.0 Å². The first kappa shape index (κ1) is 16.2. The van der Waals surface area contributed by atoms with E-state index in [4.69, 9.17) is 0 Å². The van der Waals surface area contributed by atoms with E-state index in [0.29, 0.717) is 10.7 Å². The molecule has 24 heavy (non-hydrogen) atoms. The number of nitrogens with zero attached hydrogens (tertiary/aromatic N) is 1. The molecule has 0 aliphatic rings. The van der Waals surface area contributed by atoms with Gasteiger partial charge in [0, 0.05) is 10.9 Å². The Hall–Kier alpha value is -2.71. The Bertz CT molecular complexity index is 842. The fourth-order valence-corrected chi connectivity index (χ4v) is 3.28. The number of aromatic nitrogens is 1. The molecule has 0 saturated heterocycles. The van der Waals surface area contributed by atoms with Crippen molar-refractivity contribution in [2.75, 3.05) is 17.7 Å². The number of urea groups is 1. The second-order valence-electron chi connectivity index (χ2n) is 4.66. The number of benzene rings is 1. The van der Waals surface area contributed by atoms with Crippen LogP contribution in [0.4, 0.5) is 14.9 Å². The van der Waals surface area contributed by atoms with E-state index in [1.54, 1.807) is 24.3 Å². The minimum Gasteiger partial charge on any atom is -0.465 e. The van der Waals surface area contributed by atoms with Gasteiger partial charge in [-0.15, -0.1) is 22.7 Å². The minimum absolute atomic E-state index is 0.334. The van der Waals surface area contributed by atoms with Crippen LogP contribution < -0.4 is 10.6 Å². The SMILES string of the molecule is COC(=O)c1ccc(-c2csc(NC(=O)Nc3cccs3)n2)cc1. The fourth-order valence-electron chi connectivity index (χ4n) is 1.95. The van der Waals surface area contributed by atoms with Crippen molar-refractivity contribution < 1.29 is 14.3 Å². The lowest BCUT2D eigenvalue weighted by molar-refractivity contribution is 0.0600. The summed E-state index contributed by atoms with van der Waals surface area (Å²) in [5.41, 5.74) is 2.05. The first-order valence-corrected chi connectivity index (χ1v) is 8.67. The van der Waals surface area contributed by atoms with Gasteiger partial charge in [-0.05, 0) is 29.6 Å². The van der Waals surface area contributed by atoms with E-state index < -0.39 is 0 Å². The summed E-state index contributed by atoms with van der Waals surface area (Å²) in [6, 6.07) is 10.3. The molecule has 1 aromatic carbocycles. The van der Waals surface area contributed by atoms with Crippen LogP contribution in [0.25, 0.3) is 11.3 Å². The monoisotopic (exact) mass is 359 g/mol. The summed E-state index contributed by atoms with van der Waals surface area (Å²) in [5, 5.41) is 10.4. The molecule has 6 nitrogen and oxygen atoms in total. The molecule has 0 aliphatic carbocycles. The maximum atomic E-state index is 11.9. The normalized spacial score (nSPS) is 10.2. The molecule has 2 heterocycles. The number of rotatable bonds is 4. The van der Waals surface area contributed by atoms with E-state index in [0.717, 1.165) is 16.3 Å². The number of ether oxygens (including phenoxy) is 1. The highest BCUT2D eigenvalue weighted by Gasteiger charge is 2.10. The number of esters is 1. The van der Waals surface area contributed by atoms with Gasteiger partial charge in [0.25, 0.3) is 0 Å². The third-order valence-electron chi connectivity index (χ3n) is 3.08. The Balaban J connectivity index is 1.66. The van der Waals surface area contributed by atoms with Gasteiger partial charge in [-0.2, -0.15) is 0 Å². The minimum atomic E-state index is -0.382. The van der Waals surface area contributed by atoms with Crippen molar-refractivity contribution in [3.05, 3.63) is 52.7 Å². The number of amides is 2. The molecule has 0 aliphatic heterocycles. The number of carbonyl (C=O) groups is 2. The number of thiazole rings is 1. The molecule has 0 radical (unpaired) electrons. The molecule has 122 valence electrons. The molecule has 2 aromatic heterocycles. The van der Waals surface area contributed by atoms with E-state index in [1.807, 2.05) is 22.9 Å². The van der Waals surface area contributed by atoms with Gasteiger partial charge in [0.1, 0.15) is 0 Å². The third-order valence-corrected chi connectivity index (χ3v) is 4.63. The van der Waals surface area contributed by atoms with Gasteiger partial charge >= 0.3 is 12.0 Å². The summed E-state index contributed by atoms with van der Waals surface area (Å²) < 4.78 is 4.67. The van der Waals surface area contributed by atoms with Crippen LogP contribution in [0.15, 0.2) is 47.2 Å². The van der Waals surface area contributed by atoms with Gasteiger partial charge in [0.05, 0.1) is 23.4 Å². The second kappa shape index (κ2) is 7.24. The Labute approximate surface area is 146 Å². The highest BCUT2D eigenvalue weighted by atomic mass is 32.1. The van der Waals surface area contributed by atoms with E-state index in [1.165, 1.54) is 29.8 Å². The molecular formula is C16H13N3O3S2. The third kappa shape index (κ3) is 3.79. The summed E-state index contributed by atoms with van der Waals surface area (Å²) in [6.45, 7) is 0. The lowest BCUT2D eigenvalue weighted by atomic mass is 10.1. The largest absolute Gasteiger partial charge is 0.465 e. The van der Waals surface area contributed by atoms with Crippen LogP contribution in [0.2, 0.25) is 0 Å². The predicted octanol–water partition coefficient (Wildman–Crippen LogP) is 4.30. The van der Waals surface area contributed by atoms with Crippen molar-refractivity contribution in [3.8, 4) is 11.3 Å². The first-order chi connectivity index (χ1) is 11.7. The molecule has 0 fully saturated rings. The van der Waals surface area contributed by atoms with Gasteiger partial charge in [0.2, 0.25) is 0 Å². The van der Waals surface area contributed by atoms with Crippen LogP contribution in [0, 0.1) is 0 Å². The van der Waals surface area contributed by atoms with Crippen molar-refractivity contribution in [2.24, 2.45) is 0 Å². The van der Waals surface area contributed by atoms with Crippen LogP contribution in [0.5, 0.6) is 0 Å². The fraction of sp³-hybridized carbons (Fsp3) is 0.0625. The molecule has 2 amide bonds. The summed E-state index contributed by atoms with van der Waals surface area (Å²) >= 11 is 2.77. The van der Waals surface area contributed by atoms with E-state index in [9.17, 15) is 9.59 Å². The van der Waals surface area contributed by atoms with Crippen LogP contribution >= 0.6 is 22.7 Å². The zero-order chi connectivity index (χ0) is 16.9. The molecule has 0 saturated carbocycles. The molecule has 0 unspecified atom stereocenters. The number of methoxy groups -OCH3 is 1. The quantitative estimate of drug-likeness (QED) is 0.681. The topological polar surface area (TPSA) is 80.3 Å². The second-order valence-corrected chi connectivity index (χ2v) is 6.47. The summed E-state index contributed by atoms with van der Waals surface area (Å²) in [5.74, 6) is -0.382. The highest BCUT2D eigenvalue weighted by Crippen LogP contribution is 2.25. The summed E-state index contributed by atoms with van der Waals surface area (Å²) in [7, 11) is 1.34. The van der Waals surface area contributed by atoms with Crippen molar-refractivity contribution in [1.29, 1.82) is 0 Å². The van der Waals surface area contributed by atoms with Crippen LogP contribution in [0.3, 0.4) is 0 Å². The molecule has 0 spiro atoms. The van der Waals surface area contributed by atoms with Crippen molar-refractivity contribution >= 4 is 44.8 Å². The van der Waals surface area contributed by atoms with Crippen LogP contribution in [-0.4, -0.2) is 24.1 Å². The first-order valence-electron chi connectivity index (χ1n) is 6.91. The average molecular weight is 359 g/mol. The zero-order valence-corrected chi connectivity index (χ0v) is 14.2. The average Bonchev–Trinajstić information content (AvgIpc) is 3.26. The standard InChI is InChI=1S/C16H13N3O3S2/c1-22-14(20)11-6-4-10(5-7-11)12-9-24-16(17-12)19-15(21)18-13-3-2-8-23-13/h2-9H,1H3,(H2,17,18,19,21). The van der Waals surface area contributed by atoms with Crippen molar-refractivity contribution in [2.45, 2.75) is 0 Å². The number of thiophene rings is 1. The van der Waals surface area contributed by atoms with Crippen LogP contribution in [-0.2, 0) is 4.74 Å². The maximum Gasteiger partial charge on any atom is 0.337 e. The lowest BCUT2D eigenvalue weighted by Crippen LogP contribution is -2.18. The molecular weight excluding hydrogens is 346 g/mol. The van der Waals surface area contributed by atoms with Gasteiger partial charge in [-0.1, -0.05) is 12.1 Å². The zero-order valence-electron chi connectivity index (χ0n) is 12.6. The molecule has 0 bridgehead atoms. The molecule has 3 aromatic rings. The maximum absolute atomic E-state index is 11.9. The molecule has 2 N–H and O–H groups in total. The molecule has 8 heteroatoms. The van der Waals surface area contributed by atoms with Gasteiger partial charge < -0.3 is 4.74 Å². The van der Waals surface area contributed by atoms with Crippen LogP contribution in [0.1, 0.15) is 10.4 Å². The number of hydrogen-bond acceptors (Lipinski definition) is 6. The summed E-state index contributed by atoms with van der Waals surface area (Å²) in [6.07, 6.45) is 0. The van der Waals surface area contributed by atoms with E-state index in [2.05, 4.69) is 20.4 Å². The highest BCUT2D eigenvalue weighted by molar-refractivity contribution is 7.14. The Morgan fingerprint density at radius 1 is 1.08 bits per heavy atom. The molecule has 0 atom stereocenters. The Morgan fingerprint density at radius 2 is 1.88 bits per heavy atom. The Morgan fingerprint density at radius 3 is 2.54 bits per heavy atom. The number of hydrogen-bond donors (Lipinski definition) is 2. The van der Waals surface area contributed by atoms with Gasteiger partial charge in [0.15, 0.2) is 5.13 Å². The predicted molar refractivity (Wildman–Crippen MR) is 95.8 cm³/mol. The number of anilines is 2.